The average molecular weight is 183 g/mol. The molecule has 0 aromatic heterocycles. The molecule has 0 aromatic carbocycles. The fourth-order valence-electron chi connectivity index (χ4n) is 1.33. The van der Waals surface area contributed by atoms with E-state index in [1.54, 1.807) is 6.07 Å². The van der Waals surface area contributed by atoms with Gasteiger partial charge < -0.3 is 5.11 Å². The predicted octanol–water partition coefficient (Wildman–Crippen LogP) is 0.358. The first-order valence-corrected chi connectivity index (χ1v) is 3.87. The molecule has 6 nitrogen and oxygen atoms in total. The van der Waals surface area contributed by atoms with E-state index in [-0.39, 0.29) is 25.9 Å². The van der Waals surface area contributed by atoms with E-state index >= 15 is 0 Å². The first-order valence-electron chi connectivity index (χ1n) is 3.87. The minimum atomic E-state index is -1.32. The van der Waals surface area contributed by atoms with Gasteiger partial charge in [0.25, 0.3) is 0 Å². The van der Waals surface area contributed by atoms with Crippen LogP contribution in [0.5, 0.6) is 0 Å². The van der Waals surface area contributed by atoms with E-state index in [1.807, 2.05) is 0 Å². The monoisotopic (exact) mass is 183 g/mol. The van der Waals surface area contributed by atoms with Gasteiger partial charge in [-0.1, -0.05) is 0 Å². The molecular weight excluding hydrogens is 174 g/mol. The summed E-state index contributed by atoms with van der Waals surface area (Å²) >= 11 is 0. The second-order valence-corrected chi connectivity index (χ2v) is 3.03. The van der Waals surface area contributed by atoms with E-state index in [2.05, 4.69) is 5.29 Å². The summed E-state index contributed by atoms with van der Waals surface area (Å²) in [6, 6.07) is 1.79. The van der Waals surface area contributed by atoms with Crippen molar-refractivity contribution in [1.29, 1.82) is 5.26 Å². The minimum Gasteiger partial charge on any atom is -0.480 e. The number of carboxylic acids is 1. The molecule has 70 valence electrons. The van der Waals surface area contributed by atoms with Crippen molar-refractivity contribution in [2.24, 2.45) is 10.7 Å². The maximum absolute atomic E-state index is 10.8. The van der Waals surface area contributed by atoms with Crippen LogP contribution in [-0.4, -0.2) is 29.2 Å². The van der Waals surface area contributed by atoms with Gasteiger partial charge in [0.2, 0.25) is 0 Å². The summed E-state index contributed by atoms with van der Waals surface area (Å²) in [5.74, 6) is -1.11. The standard InChI is InChI=1S/C7H9N3O3/c8-5-7(6(11)12)1-3-10(9-13)4-2-7/h1-4H2,(H,11,12). The molecule has 1 aliphatic rings. The number of aliphatic carboxylic acids is 1. The van der Waals surface area contributed by atoms with Crippen LogP contribution in [0.3, 0.4) is 0 Å². The number of rotatable bonds is 2. The highest BCUT2D eigenvalue weighted by atomic mass is 16.4. The zero-order chi connectivity index (χ0) is 9.90. The summed E-state index contributed by atoms with van der Waals surface area (Å²) in [5.41, 5.74) is -1.32. The summed E-state index contributed by atoms with van der Waals surface area (Å²) in [4.78, 5) is 20.8. The van der Waals surface area contributed by atoms with Crippen molar-refractivity contribution < 1.29 is 9.90 Å². The summed E-state index contributed by atoms with van der Waals surface area (Å²) in [6.07, 6.45) is 0.315. The highest BCUT2D eigenvalue weighted by molar-refractivity contribution is 5.78. The van der Waals surface area contributed by atoms with Crippen molar-refractivity contribution in [2.45, 2.75) is 12.8 Å². The number of piperidine rings is 1. The van der Waals surface area contributed by atoms with E-state index in [0.29, 0.717) is 0 Å². The van der Waals surface area contributed by atoms with Crippen LogP contribution in [0.4, 0.5) is 0 Å². The fourth-order valence-corrected chi connectivity index (χ4v) is 1.33. The Balaban J connectivity index is 2.70. The first-order chi connectivity index (χ1) is 6.14. The van der Waals surface area contributed by atoms with Gasteiger partial charge in [0.1, 0.15) is 0 Å². The predicted molar refractivity (Wildman–Crippen MR) is 42.3 cm³/mol. The molecule has 13 heavy (non-hydrogen) atoms. The number of hydrogen-bond donors (Lipinski definition) is 1. The number of hydrogen-bond acceptors (Lipinski definition) is 4. The third-order valence-electron chi connectivity index (χ3n) is 2.33. The molecule has 0 aromatic rings. The lowest BCUT2D eigenvalue weighted by Crippen LogP contribution is -2.41. The summed E-state index contributed by atoms with van der Waals surface area (Å²) in [5, 5.41) is 21.4. The van der Waals surface area contributed by atoms with Crippen molar-refractivity contribution >= 4 is 5.97 Å². The molecule has 0 bridgehead atoms. The molecule has 0 amide bonds. The lowest BCUT2D eigenvalue weighted by Gasteiger charge is -2.30. The second-order valence-electron chi connectivity index (χ2n) is 3.03. The van der Waals surface area contributed by atoms with Crippen LogP contribution in [0.25, 0.3) is 0 Å². The number of carboxylic acid groups (broad SMARTS) is 1. The lowest BCUT2D eigenvalue weighted by atomic mass is 9.80. The Morgan fingerprint density at radius 2 is 2.08 bits per heavy atom. The van der Waals surface area contributed by atoms with Crippen LogP contribution in [0.1, 0.15) is 12.8 Å². The van der Waals surface area contributed by atoms with Gasteiger partial charge in [-0.15, -0.1) is 4.91 Å². The van der Waals surface area contributed by atoms with E-state index in [9.17, 15) is 9.70 Å². The fraction of sp³-hybridized carbons (Fsp3) is 0.714. The van der Waals surface area contributed by atoms with Gasteiger partial charge in [-0.25, -0.2) is 0 Å². The third-order valence-corrected chi connectivity index (χ3v) is 2.33. The van der Waals surface area contributed by atoms with Crippen LogP contribution < -0.4 is 0 Å². The van der Waals surface area contributed by atoms with E-state index in [0.717, 1.165) is 0 Å². The quantitative estimate of drug-likeness (QED) is 0.623. The topological polar surface area (TPSA) is 93.8 Å². The Labute approximate surface area is 74.7 Å². The molecule has 1 N–H and O–H groups in total. The third kappa shape index (κ3) is 1.59. The zero-order valence-electron chi connectivity index (χ0n) is 6.93. The van der Waals surface area contributed by atoms with Crippen LogP contribution in [0.2, 0.25) is 0 Å². The molecular formula is C7H9N3O3. The Kier molecular flexibility index (Phi) is 2.46. The molecule has 0 atom stereocenters. The van der Waals surface area contributed by atoms with Gasteiger partial charge in [-0.05, 0) is 12.8 Å². The van der Waals surface area contributed by atoms with Crippen LogP contribution in [-0.2, 0) is 4.79 Å². The molecule has 1 saturated heterocycles. The van der Waals surface area contributed by atoms with Crippen LogP contribution in [0.15, 0.2) is 5.29 Å². The lowest BCUT2D eigenvalue weighted by molar-refractivity contribution is -0.147. The number of nitriles is 1. The van der Waals surface area contributed by atoms with Crippen molar-refractivity contribution in [3.63, 3.8) is 0 Å². The van der Waals surface area contributed by atoms with Gasteiger partial charge in [-0.3, -0.25) is 9.80 Å². The van der Waals surface area contributed by atoms with Crippen molar-refractivity contribution in [3.05, 3.63) is 4.91 Å². The molecule has 1 aliphatic heterocycles. The zero-order valence-corrected chi connectivity index (χ0v) is 6.93. The Bertz CT molecular complexity index is 263. The molecule has 0 saturated carbocycles. The summed E-state index contributed by atoms with van der Waals surface area (Å²) in [6.45, 7) is 0.479. The van der Waals surface area contributed by atoms with Crippen molar-refractivity contribution in [3.8, 4) is 6.07 Å². The number of nitrogens with zero attached hydrogens (tertiary/aromatic N) is 3. The summed E-state index contributed by atoms with van der Waals surface area (Å²) < 4.78 is 0. The maximum atomic E-state index is 10.8. The van der Waals surface area contributed by atoms with E-state index < -0.39 is 11.4 Å². The second kappa shape index (κ2) is 3.39. The minimum absolute atomic E-state index is 0.157. The van der Waals surface area contributed by atoms with Gasteiger partial charge >= 0.3 is 5.97 Å². The summed E-state index contributed by atoms with van der Waals surface area (Å²) in [7, 11) is 0. The molecule has 0 radical (unpaired) electrons. The van der Waals surface area contributed by atoms with E-state index in [4.69, 9.17) is 10.4 Å². The SMILES string of the molecule is N#CC1(C(=O)O)CCN(N=O)CC1. The molecule has 1 heterocycles. The highest BCUT2D eigenvalue weighted by Crippen LogP contribution is 2.30. The van der Waals surface area contributed by atoms with Crippen molar-refractivity contribution in [2.75, 3.05) is 13.1 Å². The van der Waals surface area contributed by atoms with Gasteiger partial charge in [0, 0.05) is 13.1 Å². The Morgan fingerprint density at radius 3 is 2.38 bits per heavy atom. The molecule has 0 aliphatic carbocycles. The molecule has 0 unspecified atom stereocenters. The van der Waals surface area contributed by atoms with Gasteiger partial charge in [0.15, 0.2) is 5.41 Å². The van der Waals surface area contributed by atoms with Crippen LogP contribution in [0, 0.1) is 21.7 Å². The first kappa shape index (κ1) is 9.45. The number of nitroso groups, excluding NO2 is 1. The normalized spacial score (nSPS) is 20.4. The van der Waals surface area contributed by atoms with Crippen molar-refractivity contribution in [1.82, 2.24) is 5.01 Å². The van der Waals surface area contributed by atoms with Crippen LogP contribution >= 0.6 is 0 Å². The smallest absolute Gasteiger partial charge is 0.324 e. The Hall–Kier alpha value is -1.64. The van der Waals surface area contributed by atoms with Gasteiger partial charge in [0.05, 0.1) is 11.4 Å². The maximum Gasteiger partial charge on any atom is 0.324 e. The molecule has 1 rings (SSSR count). The molecule has 0 spiro atoms. The molecule has 6 heteroatoms. The Morgan fingerprint density at radius 1 is 1.54 bits per heavy atom. The highest BCUT2D eigenvalue weighted by Gasteiger charge is 2.42. The van der Waals surface area contributed by atoms with E-state index in [1.165, 1.54) is 5.01 Å². The molecule has 1 fully saturated rings. The number of carbonyl (C=O) groups is 1. The largest absolute Gasteiger partial charge is 0.480 e. The average Bonchev–Trinajstić information content (AvgIpc) is 2.17. The van der Waals surface area contributed by atoms with Gasteiger partial charge in [-0.2, -0.15) is 5.26 Å².